The smallest absolute Gasteiger partial charge is 0.0855 e. The van der Waals surface area contributed by atoms with E-state index < -0.39 is 0 Å². The molecular weight excluding hydrogens is 236 g/mol. The van der Waals surface area contributed by atoms with Crippen molar-refractivity contribution in [2.24, 2.45) is 5.92 Å². The highest BCUT2D eigenvalue weighted by molar-refractivity contribution is 4.90. The van der Waals surface area contributed by atoms with E-state index in [4.69, 9.17) is 4.74 Å². The molecular formula is C16H32N2O. The maximum atomic E-state index is 6.16. The molecule has 0 saturated carbocycles. The van der Waals surface area contributed by atoms with Gasteiger partial charge in [0.2, 0.25) is 0 Å². The molecule has 0 aromatic heterocycles. The summed E-state index contributed by atoms with van der Waals surface area (Å²) in [6.07, 6.45) is 7.02. The first-order valence-corrected chi connectivity index (χ1v) is 8.29. The molecule has 3 nitrogen and oxygen atoms in total. The highest BCUT2D eigenvalue weighted by Gasteiger charge is 2.35. The maximum Gasteiger partial charge on any atom is 0.0855 e. The molecule has 0 aliphatic carbocycles. The van der Waals surface area contributed by atoms with Crippen LogP contribution < -0.4 is 5.32 Å². The fourth-order valence-electron chi connectivity index (χ4n) is 3.51. The van der Waals surface area contributed by atoms with Gasteiger partial charge in [0.1, 0.15) is 0 Å². The number of hydrogen-bond acceptors (Lipinski definition) is 3. The summed E-state index contributed by atoms with van der Waals surface area (Å²) in [6, 6.07) is 1.26. The lowest BCUT2D eigenvalue weighted by atomic mass is 9.98. The van der Waals surface area contributed by atoms with E-state index in [9.17, 15) is 0 Å². The summed E-state index contributed by atoms with van der Waals surface area (Å²) in [5, 5.41) is 3.65. The van der Waals surface area contributed by atoms with E-state index in [-0.39, 0.29) is 0 Å². The van der Waals surface area contributed by atoms with Crippen molar-refractivity contribution in [3.05, 3.63) is 0 Å². The third-order valence-electron chi connectivity index (χ3n) is 4.63. The Bertz CT molecular complexity index is 257. The predicted molar refractivity (Wildman–Crippen MR) is 80.5 cm³/mol. The minimum atomic E-state index is 0.404. The van der Waals surface area contributed by atoms with Crippen LogP contribution in [0.15, 0.2) is 0 Å². The van der Waals surface area contributed by atoms with Crippen molar-refractivity contribution < 1.29 is 4.74 Å². The van der Waals surface area contributed by atoms with Gasteiger partial charge in [-0.1, -0.05) is 33.6 Å². The first kappa shape index (κ1) is 15.3. The van der Waals surface area contributed by atoms with Crippen LogP contribution in [0.4, 0.5) is 0 Å². The molecule has 2 aliphatic rings. The molecule has 0 radical (unpaired) electrons. The molecule has 0 aromatic carbocycles. The number of ether oxygens (including phenoxy) is 1. The molecule has 0 bridgehead atoms. The van der Waals surface area contributed by atoms with E-state index in [1.807, 2.05) is 0 Å². The molecule has 2 saturated heterocycles. The first-order valence-electron chi connectivity index (χ1n) is 8.29. The summed E-state index contributed by atoms with van der Waals surface area (Å²) in [4.78, 5) is 2.65. The minimum Gasteiger partial charge on any atom is -0.374 e. The quantitative estimate of drug-likeness (QED) is 0.768. The van der Waals surface area contributed by atoms with Crippen LogP contribution in [0.5, 0.6) is 0 Å². The van der Waals surface area contributed by atoms with E-state index in [0.717, 1.165) is 25.6 Å². The summed E-state index contributed by atoms with van der Waals surface area (Å²) in [5.41, 5.74) is 0. The molecule has 2 rings (SSSR count). The molecule has 3 atom stereocenters. The highest BCUT2D eigenvalue weighted by Crippen LogP contribution is 2.25. The minimum absolute atomic E-state index is 0.404. The molecule has 3 heteroatoms. The monoisotopic (exact) mass is 268 g/mol. The van der Waals surface area contributed by atoms with Crippen LogP contribution in [0.2, 0.25) is 0 Å². The number of nitrogens with zero attached hydrogens (tertiary/aromatic N) is 1. The first-order chi connectivity index (χ1) is 9.20. The number of rotatable bonds is 7. The van der Waals surface area contributed by atoms with Gasteiger partial charge in [-0.05, 0) is 38.3 Å². The average molecular weight is 268 g/mol. The lowest BCUT2D eigenvalue weighted by Crippen LogP contribution is -2.54. The Morgan fingerprint density at radius 3 is 2.89 bits per heavy atom. The maximum absolute atomic E-state index is 6.16. The van der Waals surface area contributed by atoms with Crippen molar-refractivity contribution in [1.29, 1.82) is 0 Å². The van der Waals surface area contributed by atoms with Gasteiger partial charge in [0.05, 0.1) is 12.7 Å². The van der Waals surface area contributed by atoms with Crippen LogP contribution in [0.25, 0.3) is 0 Å². The summed E-state index contributed by atoms with van der Waals surface area (Å²) in [6.45, 7) is 11.3. The second-order valence-corrected chi connectivity index (χ2v) is 6.65. The number of nitrogens with one attached hydrogen (secondary N) is 1. The van der Waals surface area contributed by atoms with E-state index in [0.29, 0.717) is 18.2 Å². The number of fused-ring (bicyclic) bond motifs is 1. The topological polar surface area (TPSA) is 24.5 Å². The van der Waals surface area contributed by atoms with Gasteiger partial charge in [-0.25, -0.2) is 0 Å². The van der Waals surface area contributed by atoms with Crippen molar-refractivity contribution in [1.82, 2.24) is 10.2 Å². The number of likely N-dealkylation sites (N-methyl/N-ethyl adjacent to an activating group) is 1. The van der Waals surface area contributed by atoms with Crippen molar-refractivity contribution in [3.63, 3.8) is 0 Å². The Hall–Kier alpha value is -0.120. The molecule has 2 aliphatic heterocycles. The third-order valence-corrected chi connectivity index (χ3v) is 4.63. The summed E-state index contributed by atoms with van der Waals surface area (Å²) < 4.78 is 6.16. The Kier molecular flexibility index (Phi) is 6.11. The summed E-state index contributed by atoms with van der Waals surface area (Å²) in [5.74, 6) is 0.817. The Morgan fingerprint density at radius 1 is 1.32 bits per heavy atom. The third kappa shape index (κ3) is 4.44. The van der Waals surface area contributed by atoms with Crippen LogP contribution in [-0.4, -0.2) is 49.3 Å². The van der Waals surface area contributed by atoms with Gasteiger partial charge < -0.3 is 10.1 Å². The van der Waals surface area contributed by atoms with Gasteiger partial charge in [0, 0.05) is 18.6 Å². The van der Waals surface area contributed by atoms with Gasteiger partial charge in [-0.2, -0.15) is 0 Å². The molecule has 2 heterocycles. The molecule has 0 aromatic rings. The fraction of sp³-hybridized carbons (Fsp3) is 1.00. The average Bonchev–Trinajstić information content (AvgIpc) is 2.84. The van der Waals surface area contributed by atoms with Crippen molar-refractivity contribution in [2.45, 2.75) is 71.1 Å². The molecule has 19 heavy (non-hydrogen) atoms. The zero-order valence-electron chi connectivity index (χ0n) is 13.0. The summed E-state index contributed by atoms with van der Waals surface area (Å²) >= 11 is 0. The molecule has 0 amide bonds. The summed E-state index contributed by atoms with van der Waals surface area (Å²) in [7, 11) is 0. The van der Waals surface area contributed by atoms with Crippen LogP contribution in [-0.2, 0) is 4.74 Å². The largest absolute Gasteiger partial charge is 0.374 e. The fourth-order valence-corrected chi connectivity index (χ4v) is 3.51. The Labute approximate surface area is 119 Å². The number of morpholine rings is 1. The molecule has 112 valence electrons. The van der Waals surface area contributed by atoms with Crippen LogP contribution >= 0.6 is 0 Å². The van der Waals surface area contributed by atoms with Gasteiger partial charge in [0.25, 0.3) is 0 Å². The van der Waals surface area contributed by atoms with Gasteiger partial charge >= 0.3 is 0 Å². The Morgan fingerprint density at radius 2 is 2.16 bits per heavy atom. The van der Waals surface area contributed by atoms with Crippen molar-refractivity contribution in [2.75, 3.05) is 26.2 Å². The zero-order chi connectivity index (χ0) is 13.7. The van der Waals surface area contributed by atoms with E-state index in [1.54, 1.807) is 0 Å². The van der Waals surface area contributed by atoms with Crippen molar-refractivity contribution >= 4 is 0 Å². The number of hydrogen-bond donors (Lipinski definition) is 1. The molecule has 0 spiro atoms. The van der Waals surface area contributed by atoms with Gasteiger partial charge in [0.15, 0.2) is 0 Å². The lowest BCUT2D eigenvalue weighted by Gasteiger charge is -2.39. The van der Waals surface area contributed by atoms with E-state index in [1.165, 1.54) is 38.6 Å². The van der Waals surface area contributed by atoms with Gasteiger partial charge in [-0.15, -0.1) is 0 Å². The molecule has 2 fully saturated rings. The lowest BCUT2D eigenvalue weighted by molar-refractivity contribution is -0.0657. The van der Waals surface area contributed by atoms with Gasteiger partial charge in [-0.3, -0.25) is 4.90 Å². The Balaban J connectivity index is 1.80. The van der Waals surface area contributed by atoms with Crippen molar-refractivity contribution in [3.8, 4) is 0 Å². The highest BCUT2D eigenvalue weighted by atomic mass is 16.5. The van der Waals surface area contributed by atoms with Crippen LogP contribution in [0, 0.1) is 5.92 Å². The van der Waals surface area contributed by atoms with Crippen LogP contribution in [0.1, 0.15) is 52.9 Å². The molecule has 1 N–H and O–H groups in total. The van der Waals surface area contributed by atoms with E-state index >= 15 is 0 Å². The zero-order valence-corrected chi connectivity index (χ0v) is 13.0. The van der Waals surface area contributed by atoms with Crippen LogP contribution in [0.3, 0.4) is 0 Å². The normalized spacial score (nSPS) is 29.7. The second-order valence-electron chi connectivity index (χ2n) is 6.65. The predicted octanol–water partition coefficient (Wildman–Crippen LogP) is 2.65. The standard InChI is InChI=1S/C16H32N2O/c1-4-17-15(9-5-7-13(2)3)16-11-18-10-6-8-14(18)12-19-16/h13-17H,4-12H2,1-3H3. The van der Waals surface area contributed by atoms with E-state index in [2.05, 4.69) is 31.0 Å². The second kappa shape index (κ2) is 7.61. The SMILES string of the molecule is CCNC(CCCC(C)C)C1CN2CCCC2CO1. The molecule has 3 unspecified atom stereocenters.